The molecule has 9 heteroatoms. The number of anilines is 2. The molecule has 0 amide bonds. The average molecular weight is 526 g/mol. The van der Waals surface area contributed by atoms with Crippen molar-refractivity contribution in [3.63, 3.8) is 0 Å². The van der Waals surface area contributed by atoms with Crippen LogP contribution in [0.15, 0.2) is 42.5 Å². The van der Waals surface area contributed by atoms with Crippen LogP contribution < -0.4 is 10.1 Å². The first-order chi connectivity index (χ1) is 17.8. The van der Waals surface area contributed by atoms with Gasteiger partial charge in [-0.15, -0.1) is 13.2 Å². The summed E-state index contributed by atoms with van der Waals surface area (Å²) in [7, 11) is 1.94. The number of nitrogens with one attached hydrogen (secondary N) is 1. The van der Waals surface area contributed by atoms with Crippen molar-refractivity contribution in [3.8, 4) is 16.9 Å². The van der Waals surface area contributed by atoms with Gasteiger partial charge in [0, 0.05) is 30.0 Å². The zero-order valence-electron chi connectivity index (χ0n) is 22.6. The molecule has 5 rings (SSSR count). The fourth-order valence-corrected chi connectivity index (χ4v) is 6.26. The fourth-order valence-electron chi connectivity index (χ4n) is 6.26. The van der Waals surface area contributed by atoms with Crippen molar-refractivity contribution in [1.29, 1.82) is 0 Å². The Bertz CT molecular complexity index is 1470. The summed E-state index contributed by atoms with van der Waals surface area (Å²) in [5, 5.41) is 7.95. The van der Waals surface area contributed by atoms with E-state index in [0.29, 0.717) is 17.6 Å². The Labute approximate surface area is 220 Å². The summed E-state index contributed by atoms with van der Waals surface area (Å²) in [4.78, 5) is 5.00. The smallest absolute Gasteiger partial charge is 0.406 e. The van der Waals surface area contributed by atoms with Crippen LogP contribution in [0.1, 0.15) is 57.5 Å². The first kappa shape index (κ1) is 26.1. The van der Waals surface area contributed by atoms with E-state index in [0.717, 1.165) is 46.4 Å². The van der Waals surface area contributed by atoms with Gasteiger partial charge in [0.05, 0.1) is 16.7 Å². The van der Waals surface area contributed by atoms with E-state index in [1.54, 1.807) is 12.1 Å². The number of alkyl halides is 3. The third-order valence-electron chi connectivity index (χ3n) is 7.56. The van der Waals surface area contributed by atoms with E-state index in [4.69, 9.17) is 4.98 Å². The molecule has 6 nitrogen and oxygen atoms in total. The van der Waals surface area contributed by atoms with Gasteiger partial charge in [-0.1, -0.05) is 26.8 Å². The van der Waals surface area contributed by atoms with Crippen molar-refractivity contribution in [2.75, 3.05) is 5.32 Å². The Balaban J connectivity index is 1.57. The first-order valence-corrected chi connectivity index (χ1v) is 12.9. The van der Waals surface area contributed by atoms with E-state index in [9.17, 15) is 13.2 Å². The minimum absolute atomic E-state index is 0.191. The van der Waals surface area contributed by atoms with Crippen LogP contribution in [0.2, 0.25) is 0 Å². The van der Waals surface area contributed by atoms with Crippen LogP contribution in [-0.4, -0.2) is 25.7 Å². The first-order valence-electron chi connectivity index (χ1n) is 12.9. The van der Waals surface area contributed by atoms with Crippen LogP contribution in [-0.2, 0) is 7.05 Å². The Morgan fingerprint density at radius 2 is 1.76 bits per heavy atom. The van der Waals surface area contributed by atoms with Crippen molar-refractivity contribution in [2.24, 2.45) is 18.4 Å². The molecule has 0 unspecified atom stereocenters. The molecular formula is C29H34F3N5O. The molecule has 1 N–H and O–H groups in total. The average Bonchev–Trinajstić information content (AvgIpc) is 3.27. The molecule has 0 bridgehead atoms. The highest BCUT2D eigenvalue weighted by Crippen LogP contribution is 2.46. The molecule has 0 spiro atoms. The van der Waals surface area contributed by atoms with E-state index in [1.165, 1.54) is 18.6 Å². The maximum atomic E-state index is 12.6. The molecule has 4 aromatic rings. The predicted molar refractivity (Wildman–Crippen MR) is 144 cm³/mol. The Morgan fingerprint density at radius 3 is 2.37 bits per heavy atom. The lowest BCUT2D eigenvalue weighted by Gasteiger charge is -2.40. The van der Waals surface area contributed by atoms with Crippen LogP contribution in [0.25, 0.3) is 22.2 Å². The normalized spacial score (nSPS) is 19.6. The molecule has 0 radical (unpaired) electrons. The summed E-state index contributed by atoms with van der Waals surface area (Å²) in [5.74, 6) is 0.982. The molecule has 1 saturated carbocycles. The summed E-state index contributed by atoms with van der Waals surface area (Å²) in [6, 6.07) is 12.4. The van der Waals surface area contributed by atoms with Gasteiger partial charge in [-0.05, 0) is 86.4 Å². The summed E-state index contributed by atoms with van der Waals surface area (Å²) >= 11 is 0. The van der Waals surface area contributed by atoms with Crippen molar-refractivity contribution in [1.82, 2.24) is 19.3 Å². The van der Waals surface area contributed by atoms with Crippen LogP contribution in [0.3, 0.4) is 0 Å². The van der Waals surface area contributed by atoms with Gasteiger partial charge in [-0.2, -0.15) is 5.10 Å². The van der Waals surface area contributed by atoms with E-state index >= 15 is 0 Å². The number of imidazole rings is 1. The second kappa shape index (κ2) is 9.36. The SMILES string of the molecule is Cc1nn(C)c(C)c1-c1ccc2c(c1)nc(Nc1ccc(OC(F)(F)F)cc1)n2[C@H]1C[C@@H](C)CC(C)(C)C1. The highest BCUT2D eigenvalue weighted by atomic mass is 19.4. The second-order valence-corrected chi connectivity index (χ2v) is 11.4. The van der Waals surface area contributed by atoms with E-state index in [1.807, 2.05) is 18.7 Å². The number of hydrogen-bond donors (Lipinski definition) is 1. The maximum absolute atomic E-state index is 12.6. The zero-order valence-corrected chi connectivity index (χ0v) is 22.6. The quantitative estimate of drug-likeness (QED) is 0.286. The number of aryl methyl sites for hydroxylation is 2. The molecule has 2 aromatic carbocycles. The number of fused-ring (bicyclic) bond motifs is 1. The standard InChI is InChI=1S/C29H34F3N5O/c1-17-13-22(16-28(4,5)15-17)37-25-12-7-20(26-18(2)35-36(6)19(26)3)14-24(25)34-27(37)33-21-8-10-23(11-9-21)38-29(30,31)32/h7-12,14,17,22H,13,15-16H2,1-6H3,(H,33,34)/t17-,22+/m1/s1. The Hall–Kier alpha value is -3.49. The summed E-state index contributed by atoms with van der Waals surface area (Å²) < 4.78 is 46.0. The van der Waals surface area contributed by atoms with Crippen molar-refractivity contribution in [3.05, 3.63) is 53.9 Å². The number of ether oxygens (including phenoxy) is 1. The molecule has 0 aliphatic heterocycles. The Morgan fingerprint density at radius 1 is 1.05 bits per heavy atom. The van der Waals surface area contributed by atoms with Gasteiger partial charge in [0.2, 0.25) is 5.95 Å². The minimum Gasteiger partial charge on any atom is -0.406 e. The van der Waals surface area contributed by atoms with Crippen LogP contribution in [0.4, 0.5) is 24.8 Å². The summed E-state index contributed by atoms with van der Waals surface area (Å²) in [5.41, 5.74) is 6.93. The Kier molecular flexibility index (Phi) is 6.44. The molecule has 2 atom stereocenters. The number of halogens is 3. The van der Waals surface area contributed by atoms with Gasteiger partial charge in [-0.3, -0.25) is 4.68 Å². The minimum atomic E-state index is -4.73. The van der Waals surface area contributed by atoms with Gasteiger partial charge in [-0.25, -0.2) is 4.98 Å². The van der Waals surface area contributed by atoms with Crippen LogP contribution in [0.5, 0.6) is 5.75 Å². The maximum Gasteiger partial charge on any atom is 0.573 e. The molecule has 1 aliphatic carbocycles. The monoisotopic (exact) mass is 525 g/mol. The molecule has 1 fully saturated rings. The fraction of sp³-hybridized carbons (Fsp3) is 0.448. The number of aromatic nitrogens is 4. The topological polar surface area (TPSA) is 56.9 Å². The zero-order chi connectivity index (χ0) is 27.4. The van der Waals surface area contributed by atoms with E-state index in [-0.39, 0.29) is 17.2 Å². The predicted octanol–water partition coefficient (Wildman–Crippen LogP) is 8.08. The van der Waals surface area contributed by atoms with Gasteiger partial charge in [0.15, 0.2) is 0 Å². The summed E-state index contributed by atoms with van der Waals surface area (Å²) in [6.07, 6.45) is -1.51. The van der Waals surface area contributed by atoms with Crippen molar-refractivity contribution in [2.45, 2.75) is 66.3 Å². The summed E-state index contributed by atoms with van der Waals surface area (Å²) in [6.45, 7) is 11.0. The second-order valence-electron chi connectivity index (χ2n) is 11.4. The van der Waals surface area contributed by atoms with E-state index in [2.05, 4.69) is 65.6 Å². The molecular weight excluding hydrogens is 491 g/mol. The van der Waals surface area contributed by atoms with Crippen molar-refractivity contribution >= 4 is 22.7 Å². The van der Waals surface area contributed by atoms with Gasteiger partial charge in [0.1, 0.15) is 5.75 Å². The molecule has 1 aliphatic rings. The number of nitrogens with zero attached hydrogens (tertiary/aromatic N) is 4. The highest BCUT2D eigenvalue weighted by Gasteiger charge is 2.35. The lowest BCUT2D eigenvalue weighted by molar-refractivity contribution is -0.274. The lowest BCUT2D eigenvalue weighted by atomic mass is 9.70. The lowest BCUT2D eigenvalue weighted by Crippen LogP contribution is -2.29. The van der Waals surface area contributed by atoms with Gasteiger partial charge >= 0.3 is 6.36 Å². The van der Waals surface area contributed by atoms with Gasteiger partial charge < -0.3 is 14.6 Å². The van der Waals surface area contributed by atoms with Gasteiger partial charge in [0.25, 0.3) is 0 Å². The van der Waals surface area contributed by atoms with Crippen LogP contribution >= 0.6 is 0 Å². The molecule has 202 valence electrons. The largest absolute Gasteiger partial charge is 0.573 e. The van der Waals surface area contributed by atoms with E-state index < -0.39 is 6.36 Å². The molecule has 0 saturated heterocycles. The van der Waals surface area contributed by atoms with Crippen LogP contribution in [0, 0.1) is 25.2 Å². The third-order valence-corrected chi connectivity index (χ3v) is 7.56. The molecule has 38 heavy (non-hydrogen) atoms. The molecule has 2 heterocycles. The molecule has 2 aromatic heterocycles. The highest BCUT2D eigenvalue weighted by molar-refractivity contribution is 5.86. The third kappa shape index (κ3) is 5.24. The van der Waals surface area contributed by atoms with Crippen molar-refractivity contribution < 1.29 is 17.9 Å². The number of hydrogen-bond acceptors (Lipinski definition) is 4. The number of rotatable bonds is 5. The number of benzene rings is 2.